The molecule has 1 saturated heterocycles. The standard InChI is InChI=1S/C19H17ClN4O2/c20-16-5-4-15(19(26)24-8-6-22-7-9-24)11-17(16)23-18(25)14-3-1-2-13(10-14)12-21/h1-5,10-11,22H,6-9H2,(H,23,25). The van der Waals surface area contributed by atoms with E-state index in [2.05, 4.69) is 10.6 Å². The number of nitrogens with zero attached hydrogens (tertiary/aromatic N) is 2. The van der Waals surface area contributed by atoms with Gasteiger partial charge >= 0.3 is 0 Å². The van der Waals surface area contributed by atoms with Crippen LogP contribution in [0.2, 0.25) is 5.02 Å². The first-order valence-electron chi connectivity index (χ1n) is 8.19. The van der Waals surface area contributed by atoms with Gasteiger partial charge < -0.3 is 15.5 Å². The molecule has 2 N–H and O–H groups in total. The summed E-state index contributed by atoms with van der Waals surface area (Å²) in [6.07, 6.45) is 0. The number of benzene rings is 2. The lowest BCUT2D eigenvalue weighted by Gasteiger charge is -2.27. The van der Waals surface area contributed by atoms with Crippen LogP contribution in [0.15, 0.2) is 42.5 Å². The zero-order chi connectivity index (χ0) is 18.5. The summed E-state index contributed by atoms with van der Waals surface area (Å²) in [5.74, 6) is -0.485. The highest BCUT2D eigenvalue weighted by Gasteiger charge is 2.19. The number of anilines is 1. The SMILES string of the molecule is N#Cc1cccc(C(=O)Nc2cc(C(=O)N3CCNCC3)ccc2Cl)c1. The summed E-state index contributed by atoms with van der Waals surface area (Å²) in [6.45, 7) is 2.81. The van der Waals surface area contributed by atoms with Crippen LogP contribution in [-0.2, 0) is 0 Å². The van der Waals surface area contributed by atoms with Gasteiger partial charge in [-0.05, 0) is 36.4 Å². The van der Waals surface area contributed by atoms with E-state index in [-0.39, 0.29) is 5.91 Å². The maximum Gasteiger partial charge on any atom is 0.255 e. The number of hydrogen-bond acceptors (Lipinski definition) is 4. The molecule has 0 radical (unpaired) electrons. The number of piperazine rings is 1. The molecule has 0 unspecified atom stereocenters. The molecule has 2 aromatic rings. The van der Waals surface area contributed by atoms with Crippen molar-refractivity contribution in [3.05, 3.63) is 64.2 Å². The Hall–Kier alpha value is -2.88. The Balaban J connectivity index is 1.80. The van der Waals surface area contributed by atoms with Crippen LogP contribution in [0.1, 0.15) is 26.3 Å². The fourth-order valence-corrected chi connectivity index (χ4v) is 2.89. The van der Waals surface area contributed by atoms with E-state index in [1.807, 2.05) is 6.07 Å². The highest BCUT2D eigenvalue weighted by atomic mass is 35.5. The molecule has 0 saturated carbocycles. The Labute approximate surface area is 156 Å². The second kappa shape index (κ2) is 8.00. The summed E-state index contributed by atoms with van der Waals surface area (Å²) in [7, 11) is 0. The van der Waals surface area contributed by atoms with Crippen LogP contribution in [0, 0.1) is 11.3 Å². The minimum absolute atomic E-state index is 0.0925. The molecule has 2 amide bonds. The first-order valence-corrected chi connectivity index (χ1v) is 8.57. The van der Waals surface area contributed by atoms with E-state index in [9.17, 15) is 9.59 Å². The number of hydrogen-bond donors (Lipinski definition) is 2. The van der Waals surface area contributed by atoms with Crippen LogP contribution in [0.25, 0.3) is 0 Å². The predicted molar refractivity (Wildman–Crippen MR) is 99.3 cm³/mol. The van der Waals surface area contributed by atoms with Gasteiger partial charge in [0.05, 0.1) is 22.3 Å². The van der Waals surface area contributed by atoms with Crippen LogP contribution in [0.4, 0.5) is 5.69 Å². The lowest BCUT2D eigenvalue weighted by atomic mass is 10.1. The second-order valence-corrected chi connectivity index (χ2v) is 6.29. The van der Waals surface area contributed by atoms with E-state index in [1.165, 1.54) is 6.07 Å². The third-order valence-electron chi connectivity index (χ3n) is 4.12. The highest BCUT2D eigenvalue weighted by Crippen LogP contribution is 2.24. The fourth-order valence-electron chi connectivity index (χ4n) is 2.73. The topological polar surface area (TPSA) is 85.2 Å². The van der Waals surface area contributed by atoms with Gasteiger partial charge in [0.1, 0.15) is 0 Å². The summed E-state index contributed by atoms with van der Waals surface area (Å²) in [5.41, 5.74) is 1.57. The third kappa shape index (κ3) is 4.02. The largest absolute Gasteiger partial charge is 0.336 e. The lowest BCUT2D eigenvalue weighted by Crippen LogP contribution is -2.46. The molecule has 0 spiro atoms. The molecule has 3 rings (SSSR count). The number of rotatable bonds is 3. The third-order valence-corrected chi connectivity index (χ3v) is 4.45. The van der Waals surface area contributed by atoms with Crippen molar-refractivity contribution in [3.8, 4) is 6.07 Å². The Kier molecular flexibility index (Phi) is 5.52. The molecule has 0 aromatic heterocycles. The fraction of sp³-hybridized carbons (Fsp3) is 0.211. The van der Waals surface area contributed by atoms with Crippen molar-refractivity contribution in [1.29, 1.82) is 5.26 Å². The summed E-state index contributed by atoms with van der Waals surface area (Å²) >= 11 is 6.17. The minimum atomic E-state index is -0.393. The van der Waals surface area contributed by atoms with E-state index < -0.39 is 5.91 Å². The molecule has 0 aliphatic carbocycles. The number of nitriles is 1. The lowest BCUT2D eigenvalue weighted by molar-refractivity contribution is 0.0735. The van der Waals surface area contributed by atoms with Gasteiger partial charge in [-0.2, -0.15) is 5.26 Å². The van der Waals surface area contributed by atoms with Gasteiger partial charge in [-0.15, -0.1) is 0 Å². The van der Waals surface area contributed by atoms with Gasteiger partial charge in [0.25, 0.3) is 11.8 Å². The van der Waals surface area contributed by atoms with Crippen LogP contribution in [0.5, 0.6) is 0 Å². The van der Waals surface area contributed by atoms with Crippen molar-refractivity contribution >= 4 is 29.1 Å². The Morgan fingerprint density at radius 3 is 2.62 bits per heavy atom. The normalized spacial score (nSPS) is 13.8. The van der Waals surface area contributed by atoms with Crippen LogP contribution in [0.3, 0.4) is 0 Å². The van der Waals surface area contributed by atoms with E-state index in [4.69, 9.17) is 16.9 Å². The predicted octanol–water partition coefficient (Wildman–Crippen LogP) is 2.51. The Morgan fingerprint density at radius 1 is 1.12 bits per heavy atom. The van der Waals surface area contributed by atoms with E-state index in [0.717, 1.165) is 13.1 Å². The van der Waals surface area contributed by atoms with Crippen LogP contribution < -0.4 is 10.6 Å². The van der Waals surface area contributed by atoms with Crippen LogP contribution >= 0.6 is 11.6 Å². The van der Waals surface area contributed by atoms with Gasteiger partial charge in [0.15, 0.2) is 0 Å². The maximum atomic E-state index is 12.6. The van der Waals surface area contributed by atoms with Crippen LogP contribution in [-0.4, -0.2) is 42.9 Å². The second-order valence-electron chi connectivity index (χ2n) is 5.88. The quantitative estimate of drug-likeness (QED) is 0.871. The van der Waals surface area contributed by atoms with Gasteiger partial charge in [-0.1, -0.05) is 17.7 Å². The number of amides is 2. The highest BCUT2D eigenvalue weighted by molar-refractivity contribution is 6.34. The van der Waals surface area contributed by atoms with E-state index >= 15 is 0 Å². The monoisotopic (exact) mass is 368 g/mol. The maximum absolute atomic E-state index is 12.6. The molecule has 26 heavy (non-hydrogen) atoms. The summed E-state index contributed by atoms with van der Waals surface area (Å²) in [4.78, 5) is 26.8. The molecule has 1 heterocycles. The first kappa shape index (κ1) is 17.9. The minimum Gasteiger partial charge on any atom is -0.336 e. The average Bonchev–Trinajstić information content (AvgIpc) is 2.69. The van der Waals surface area contributed by atoms with Crippen molar-refractivity contribution in [2.75, 3.05) is 31.5 Å². The number of carbonyl (C=O) groups is 2. The zero-order valence-electron chi connectivity index (χ0n) is 14.0. The molecule has 6 nitrogen and oxygen atoms in total. The number of carbonyl (C=O) groups excluding carboxylic acids is 2. The molecule has 0 atom stereocenters. The van der Waals surface area contributed by atoms with Gasteiger partial charge in [0.2, 0.25) is 0 Å². The number of nitrogens with one attached hydrogen (secondary N) is 2. The molecule has 7 heteroatoms. The summed E-state index contributed by atoms with van der Waals surface area (Å²) in [5, 5.41) is 15.2. The van der Waals surface area contributed by atoms with Gasteiger partial charge in [0, 0.05) is 37.3 Å². The first-order chi connectivity index (χ1) is 12.6. The summed E-state index contributed by atoms with van der Waals surface area (Å²) in [6, 6.07) is 13.2. The van der Waals surface area contributed by atoms with Gasteiger partial charge in [-0.3, -0.25) is 9.59 Å². The van der Waals surface area contributed by atoms with Crippen molar-refractivity contribution in [1.82, 2.24) is 10.2 Å². The Bertz CT molecular complexity index is 885. The van der Waals surface area contributed by atoms with Crippen molar-refractivity contribution in [2.24, 2.45) is 0 Å². The number of halogens is 1. The molecule has 2 aromatic carbocycles. The van der Waals surface area contributed by atoms with Crippen molar-refractivity contribution in [3.63, 3.8) is 0 Å². The van der Waals surface area contributed by atoms with Crippen molar-refractivity contribution in [2.45, 2.75) is 0 Å². The van der Waals surface area contributed by atoms with E-state index in [0.29, 0.717) is 40.5 Å². The summed E-state index contributed by atoms with van der Waals surface area (Å²) < 4.78 is 0. The molecule has 1 fully saturated rings. The van der Waals surface area contributed by atoms with Gasteiger partial charge in [-0.25, -0.2) is 0 Å². The molecular weight excluding hydrogens is 352 g/mol. The average molecular weight is 369 g/mol. The molecule has 1 aliphatic heterocycles. The molecule has 1 aliphatic rings. The smallest absolute Gasteiger partial charge is 0.255 e. The van der Waals surface area contributed by atoms with Crippen molar-refractivity contribution < 1.29 is 9.59 Å². The zero-order valence-corrected chi connectivity index (χ0v) is 14.7. The molecular formula is C19H17ClN4O2. The Morgan fingerprint density at radius 2 is 1.88 bits per heavy atom. The molecule has 132 valence electrons. The molecule has 0 bridgehead atoms. The van der Waals surface area contributed by atoms with E-state index in [1.54, 1.807) is 41.3 Å².